The highest BCUT2D eigenvalue weighted by molar-refractivity contribution is 5.94. The highest BCUT2D eigenvalue weighted by atomic mass is 16.1. The number of benzene rings is 1. The molecular formula is C19H26N4O. The first-order valence-corrected chi connectivity index (χ1v) is 8.79. The second-order valence-corrected chi connectivity index (χ2v) is 6.71. The molecule has 0 bridgehead atoms. The van der Waals surface area contributed by atoms with Crippen molar-refractivity contribution < 1.29 is 4.79 Å². The number of nitrogens with one attached hydrogen (secondary N) is 3. The summed E-state index contributed by atoms with van der Waals surface area (Å²) in [6, 6.07) is 8.77. The van der Waals surface area contributed by atoms with Gasteiger partial charge in [0.1, 0.15) is 0 Å². The summed E-state index contributed by atoms with van der Waals surface area (Å²) in [6.07, 6.45) is 2.80. The molecule has 0 saturated heterocycles. The zero-order valence-electron chi connectivity index (χ0n) is 14.5. The third kappa shape index (κ3) is 3.85. The first-order valence-electron chi connectivity index (χ1n) is 8.79. The summed E-state index contributed by atoms with van der Waals surface area (Å²) in [7, 11) is 0. The number of H-pyrrole nitrogens is 1. The van der Waals surface area contributed by atoms with Crippen molar-refractivity contribution in [3.05, 3.63) is 52.3 Å². The summed E-state index contributed by atoms with van der Waals surface area (Å²) in [5.74, 6) is 0.485. The summed E-state index contributed by atoms with van der Waals surface area (Å²) >= 11 is 0. The minimum absolute atomic E-state index is 0.0774. The van der Waals surface area contributed by atoms with Crippen molar-refractivity contribution in [2.24, 2.45) is 0 Å². The SMILES string of the molecule is CC(C)c1ccc(CCCNC(=O)c2n[nH]c3c2CNCC3)cc1. The average Bonchev–Trinajstić information content (AvgIpc) is 3.03. The van der Waals surface area contributed by atoms with Crippen LogP contribution in [0.5, 0.6) is 0 Å². The minimum Gasteiger partial charge on any atom is -0.351 e. The van der Waals surface area contributed by atoms with E-state index in [0.29, 0.717) is 18.2 Å². The molecule has 1 aliphatic heterocycles. The zero-order valence-corrected chi connectivity index (χ0v) is 14.5. The molecule has 0 unspecified atom stereocenters. The summed E-state index contributed by atoms with van der Waals surface area (Å²) in [5.41, 5.74) is 5.32. The van der Waals surface area contributed by atoms with Crippen molar-refractivity contribution in [3.63, 3.8) is 0 Å². The number of fused-ring (bicyclic) bond motifs is 1. The van der Waals surface area contributed by atoms with Crippen molar-refractivity contribution >= 4 is 5.91 Å². The highest BCUT2D eigenvalue weighted by Gasteiger charge is 2.20. The van der Waals surface area contributed by atoms with E-state index in [1.165, 1.54) is 11.1 Å². The predicted octanol–water partition coefficient (Wildman–Crippen LogP) is 2.54. The topological polar surface area (TPSA) is 69.8 Å². The summed E-state index contributed by atoms with van der Waals surface area (Å²) in [4.78, 5) is 12.3. The van der Waals surface area contributed by atoms with Crippen LogP contribution in [0.3, 0.4) is 0 Å². The van der Waals surface area contributed by atoms with Crippen molar-refractivity contribution in [3.8, 4) is 0 Å². The second-order valence-electron chi connectivity index (χ2n) is 6.71. The standard InChI is InChI=1S/C19H26N4O/c1-13(2)15-7-5-14(6-8-15)4-3-10-21-19(24)18-16-12-20-11-9-17(16)22-23-18/h5-8,13,20H,3-4,9-12H2,1-2H3,(H,21,24)(H,22,23). The van der Waals surface area contributed by atoms with Crippen LogP contribution in [0.1, 0.15) is 59.1 Å². The van der Waals surface area contributed by atoms with Crippen molar-refractivity contribution in [1.29, 1.82) is 0 Å². The van der Waals surface area contributed by atoms with Crippen molar-refractivity contribution in [2.75, 3.05) is 13.1 Å². The summed E-state index contributed by atoms with van der Waals surface area (Å²) in [6.45, 7) is 6.73. The molecule has 3 rings (SSSR count). The van der Waals surface area contributed by atoms with Gasteiger partial charge in [0.05, 0.1) is 0 Å². The van der Waals surface area contributed by atoms with Gasteiger partial charge < -0.3 is 10.6 Å². The number of carbonyl (C=O) groups is 1. The van der Waals surface area contributed by atoms with Gasteiger partial charge in [0.2, 0.25) is 0 Å². The fraction of sp³-hybridized carbons (Fsp3) is 0.474. The number of aryl methyl sites for hydroxylation is 1. The molecule has 24 heavy (non-hydrogen) atoms. The van der Waals surface area contributed by atoms with Gasteiger partial charge in [-0.3, -0.25) is 9.89 Å². The van der Waals surface area contributed by atoms with Crippen LogP contribution in [0.2, 0.25) is 0 Å². The summed E-state index contributed by atoms with van der Waals surface area (Å²) in [5, 5.41) is 13.4. The molecule has 1 aromatic carbocycles. The fourth-order valence-corrected chi connectivity index (χ4v) is 3.06. The van der Waals surface area contributed by atoms with Gasteiger partial charge in [0.25, 0.3) is 5.91 Å². The predicted molar refractivity (Wildman–Crippen MR) is 95.2 cm³/mol. The van der Waals surface area contributed by atoms with Gasteiger partial charge in [0, 0.05) is 37.3 Å². The highest BCUT2D eigenvalue weighted by Crippen LogP contribution is 2.16. The van der Waals surface area contributed by atoms with Crippen molar-refractivity contribution in [1.82, 2.24) is 20.8 Å². The van der Waals surface area contributed by atoms with E-state index < -0.39 is 0 Å². The maximum atomic E-state index is 12.3. The van der Waals surface area contributed by atoms with E-state index in [2.05, 4.69) is 58.9 Å². The molecule has 1 aromatic heterocycles. The van der Waals surface area contributed by atoms with Gasteiger partial charge in [0.15, 0.2) is 5.69 Å². The molecule has 0 atom stereocenters. The average molecular weight is 326 g/mol. The molecule has 2 heterocycles. The van der Waals surface area contributed by atoms with E-state index >= 15 is 0 Å². The van der Waals surface area contributed by atoms with Gasteiger partial charge in [-0.15, -0.1) is 0 Å². The van der Waals surface area contributed by atoms with Crippen LogP contribution in [-0.4, -0.2) is 29.2 Å². The molecule has 0 radical (unpaired) electrons. The normalized spacial score (nSPS) is 13.8. The molecule has 128 valence electrons. The van der Waals surface area contributed by atoms with E-state index in [9.17, 15) is 4.79 Å². The molecular weight excluding hydrogens is 300 g/mol. The molecule has 0 aliphatic carbocycles. The first kappa shape index (κ1) is 16.7. The molecule has 5 nitrogen and oxygen atoms in total. The number of aromatic amines is 1. The van der Waals surface area contributed by atoms with Gasteiger partial charge in [-0.2, -0.15) is 5.10 Å². The largest absolute Gasteiger partial charge is 0.351 e. The maximum absolute atomic E-state index is 12.3. The van der Waals surface area contributed by atoms with Gasteiger partial charge >= 0.3 is 0 Å². The lowest BCUT2D eigenvalue weighted by Crippen LogP contribution is -2.29. The molecule has 2 aromatic rings. The number of hydrogen-bond donors (Lipinski definition) is 3. The number of hydrogen-bond acceptors (Lipinski definition) is 3. The first-order chi connectivity index (χ1) is 11.6. The van der Waals surface area contributed by atoms with E-state index in [4.69, 9.17) is 0 Å². The van der Waals surface area contributed by atoms with Crippen LogP contribution in [0, 0.1) is 0 Å². The smallest absolute Gasteiger partial charge is 0.272 e. The Bertz CT molecular complexity index is 688. The number of aromatic nitrogens is 2. The lowest BCUT2D eigenvalue weighted by Gasteiger charge is -2.12. The summed E-state index contributed by atoms with van der Waals surface area (Å²) < 4.78 is 0. The number of nitrogens with zero attached hydrogens (tertiary/aromatic N) is 1. The molecule has 0 saturated carbocycles. The molecule has 0 spiro atoms. The quantitative estimate of drug-likeness (QED) is 0.715. The Hall–Kier alpha value is -2.14. The van der Waals surface area contributed by atoms with Gasteiger partial charge in [-0.05, 0) is 29.9 Å². The Balaban J connectivity index is 1.46. The Labute approximate surface area is 143 Å². The molecule has 1 amide bonds. The lowest BCUT2D eigenvalue weighted by molar-refractivity contribution is 0.0947. The Kier molecular flexibility index (Phi) is 5.30. The van der Waals surface area contributed by atoms with Crippen LogP contribution in [0.4, 0.5) is 0 Å². The second kappa shape index (κ2) is 7.62. The monoisotopic (exact) mass is 326 g/mol. The van der Waals surface area contributed by atoms with E-state index in [1.807, 2.05) is 0 Å². The van der Waals surface area contributed by atoms with Crippen LogP contribution in [0.25, 0.3) is 0 Å². The van der Waals surface area contributed by atoms with Crippen molar-refractivity contribution in [2.45, 2.75) is 45.6 Å². The molecule has 0 fully saturated rings. The number of amides is 1. The van der Waals surface area contributed by atoms with Gasteiger partial charge in [-0.1, -0.05) is 38.1 Å². The zero-order chi connectivity index (χ0) is 16.9. The minimum atomic E-state index is -0.0774. The fourth-order valence-electron chi connectivity index (χ4n) is 3.06. The maximum Gasteiger partial charge on any atom is 0.272 e. The Morgan fingerprint density at radius 2 is 2.08 bits per heavy atom. The van der Waals surface area contributed by atoms with E-state index in [0.717, 1.165) is 43.6 Å². The third-order valence-electron chi connectivity index (χ3n) is 4.60. The van der Waals surface area contributed by atoms with Crippen LogP contribution in [-0.2, 0) is 19.4 Å². The molecule has 3 N–H and O–H groups in total. The number of rotatable bonds is 6. The van der Waals surface area contributed by atoms with Crippen LogP contribution >= 0.6 is 0 Å². The van der Waals surface area contributed by atoms with Crippen LogP contribution in [0.15, 0.2) is 24.3 Å². The Morgan fingerprint density at radius 3 is 2.83 bits per heavy atom. The molecule has 1 aliphatic rings. The lowest BCUT2D eigenvalue weighted by atomic mass is 10.0. The van der Waals surface area contributed by atoms with E-state index in [1.54, 1.807) is 0 Å². The number of carbonyl (C=O) groups excluding carboxylic acids is 1. The Morgan fingerprint density at radius 1 is 1.29 bits per heavy atom. The third-order valence-corrected chi connectivity index (χ3v) is 4.60. The molecule has 5 heteroatoms. The van der Waals surface area contributed by atoms with Gasteiger partial charge in [-0.25, -0.2) is 0 Å². The van der Waals surface area contributed by atoms with E-state index in [-0.39, 0.29) is 5.91 Å². The van der Waals surface area contributed by atoms with Crippen LogP contribution < -0.4 is 10.6 Å².